The molecule has 3 rings (SSSR count). The molecule has 1 heterocycles. The Hall–Kier alpha value is -1.13. The summed E-state index contributed by atoms with van der Waals surface area (Å²) in [7, 11) is 0. The Kier molecular flexibility index (Phi) is 3.94. The van der Waals surface area contributed by atoms with Crippen LogP contribution in [0.5, 0.6) is 0 Å². The fourth-order valence-electron chi connectivity index (χ4n) is 3.29. The Morgan fingerprint density at radius 2 is 2.05 bits per heavy atom. The zero-order valence-corrected chi connectivity index (χ0v) is 13.1. The number of nitrogens with zero attached hydrogens (tertiary/aromatic N) is 2. The summed E-state index contributed by atoms with van der Waals surface area (Å²) in [5, 5.41) is 0. The lowest BCUT2D eigenvalue weighted by molar-refractivity contribution is 0.300. The first-order valence-corrected chi connectivity index (χ1v) is 8.03. The number of hydrogen-bond donors (Lipinski definition) is 1. The molecule has 2 N–H and O–H groups in total. The first-order chi connectivity index (χ1) is 9.75. The molecule has 1 aromatic carbocycles. The molecular formula is C16H20BrN3. The van der Waals surface area contributed by atoms with E-state index in [2.05, 4.69) is 39.1 Å². The monoisotopic (exact) mass is 333 g/mol. The van der Waals surface area contributed by atoms with E-state index in [0.29, 0.717) is 0 Å². The largest absolute Gasteiger partial charge is 0.330 e. The van der Waals surface area contributed by atoms with E-state index in [-0.39, 0.29) is 5.41 Å². The molecule has 0 saturated heterocycles. The Morgan fingerprint density at radius 1 is 1.25 bits per heavy atom. The van der Waals surface area contributed by atoms with Crippen molar-refractivity contribution in [2.75, 3.05) is 6.54 Å². The van der Waals surface area contributed by atoms with Gasteiger partial charge in [0.1, 0.15) is 0 Å². The van der Waals surface area contributed by atoms with E-state index in [9.17, 15) is 0 Å². The third-order valence-corrected chi connectivity index (χ3v) is 5.18. The van der Waals surface area contributed by atoms with Crippen molar-refractivity contribution in [1.82, 2.24) is 9.55 Å². The second-order valence-electron chi connectivity index (χ2n) is 5.68. The predicted molar refractivity (Wildman–Crippen MR) is 85.1 cm³/mol. The average Bonchev–Trinajstić information content (AvgIpc) is 3.02. The van der Waals surface area contributed by atoms with E-state index >= 15 is 0 Å². The van der Waals surface area contributed by atoms with Crippen LogP contribution in [-0.2, 0) is 5.41 Å². The van der Waals surface area contributed by atoms with Crippen LogP contribution in [0.25, 0.3) is 5.69 Å². The van der Waals surface area contributed by atoms with Crippen LogP contribution in [0.4, 0.5) is 0 Å². The molecule has 1 fully saturated rings. The minimum atomic E-state index is 0.175. The maximum absolute atomic E-state index is 6.12. The zero-order valence-electron chi connectivity index (χ0n) is 11.6. The quantitative estimate of drug-likeness (QED) is 0.928. The van der Waals surface area contributed by atoms with Gasteiger partial charge in [-0.3, -0.25) is 0 Å². The van der Waals surface area contributed by atoms with Crippen molar-refractivity contribution in [3.8, 4) is 5.69 Å². The van der Waals surface area contributed by atoms with Crippen molar-refractivity contribution in [3.05, 3.63) is 47.0 Å². The number of nitrogens with two attached hydrogens (primary N) is 1. The van der Waals surface area contributed by atoms with Crippen molar-refractivity contribution in [2.45, 2.75) is 37.5 Å². The van der Waals surface area contributed by atoms with E-state index in [1.165, 1.54) is 37.7 Å². The van der Waals surface area contributed by atoms with Crippen molar-refractivity contribution < 1.29 is 0 Å². The molecule has 20 heavy (non-hydrogen) atoms. The van der Waals surface area contributed by atoms with Gasteiger partial charge in [-0.1, -0.05) is 25.3 Å². The minimum absolute atomic E-state index is 0.175. The van der Waals surface area contributed by atoms with Crippen LogP contribution in [0.15, 0.2) is 41.4 Å². The lowest BCUT2D eigenvalue weighted by atomic mass is 9.69. The number of imidazole rings is 1. The Balaban J connectivity index is 1.97. The summed E-state index contributed by atoms with van der Waals surface area (Å²) in [6.07, 6.45) is 11.9. The summed E-state index contributed by atoms with van der Waals surface area (Å²) in [6, 6.07) is 6.64. The summed E-state index contributed by atoms with van der Waals surface area (Å²) in [5.74, 6) is 0. The fourth-order valence-corrected chi connectivity index (χ4v) is 3.87. The van der Waals surface area contributed by atoms with Crippen LogP contribution in [0, 0.1) is 0 Å². The summed E-state index contributed by atoms with van der Waals surface area (Å²) in [5.41, 5.74) is 8.79. The summed E-state index contributed by atoms with van der Waals surface area (Å²) in [4.78, 5) is 4.10. The van der Waals surface area contributed by atoms with Gasteiger partial charge in [0.15, 0.2) is 0 Å². The molecule has 0 unspecified atom stereocenters. The van der Waals surface area contributed by atoms with Crippen molar-refractivity contribution in [2.24, 2.45) is 5.73 Å². The summed E-state index contributed by atoms with van der Waals surface area (Å²) in [6.45, 7) is 0.740. The second-order valence-corrected chi connectivity index (χ2v) is 6.54. The number of halogens is 1. The molecule has 4 heteroatoms. The molecule has 0 bridgehead atoms. The first kappa shape index (κ1) is 13.8. The smallest absolute Gasteiger partial charge is 0.0992 e. The number of hydrogen-bond acceptors (Lipinski definition) is 2. The molecule has 1 aliphatic carbocycles. The van der Waals surface area contributed by atoms with Crippen molar-refractivity contribution in [3.63, 3.8) is 0 Å². The standard InChI is InChI=1S/C16H20BrN3/c17-14-10-13(16(11-18)6-2-1-3-7-16)4-5-15(14)20-9-8-19-12-20/h4-5,8-10,12H,1-3,6-7,11,18H2. The molecule has 0 spiro atoms. The molecular weight excluding hydrogens is 314 g/mol. The minimum Gasteiger partial charge on any atom is -0.330 e. The molecule has 0 amide bonds. The van der Waals surface area contributed by atoms with Crippen LogP contribution in [0.3, 0.4) is 0 Å². The highest BCUT2D eigenvalue weighted by Gasteiger charge is 2.32. The normalized spacial score (nSPS) is 18.1. The fraction of sp³-hybridized carbons (Fsp3) is 0.438. The van der Waals surface area contributed by atoms with Crippen LogP contribution in [0.1, 0.15) is 37.7 Å². The van der Waals surface area contributed by atoms with Crippen molar-refractivity contribution >= 4 is 15.9 Å². The molecule has 2 aromatic rings. The van der Waals surface area contributed by atoms with Gasteiger partial charge in [0.05, 0.1) is 12.0 Å². The zero-order chi connectivity index (χ0) is 14.0. The molecule has 1 aliphatic rings. The number of benzene rings is 1. The molecule has 106 valence electrons. The summed E-state index contributed by atoms with van der Waals surface area (Å²) < 4.78 is 3.12. The third kappa shape index (κ3) is 2.42. The molecule has 1 aromatic heterocycles. The van der Waals surface area contributed by atoms with Crippen LogP contribution in [0.2, 0.25) is 0 Å². The molecule has 0 aliphatic heterocycles. The van der Waals surface area contributed by atoms with Gasteiger partial charge in [-0.05, 0) is 46.5 Å². The highest BCUT2D eigenvalue weighted by atomic mass is 79.9. The van der Waals surface area contributed by atoms with Gasteiger partial charge < -0.3 is 10.3 Å². The maximum atomic E-state index is 6.12. The maximum Gasteiger partial charge on any atom is 0.0992 e. The van der Waals surface area contributed by atoms with E-state index < -0.39 is 0 Å². The summed E-state index contributed by atoms with van der Waals surface area (Å²) >= 11 is 3.70. The predicted octanol–water partition coefficient (Wildman–Crippen LogP) is 3.80. The van der Waals surface area contributed by atoms with Crippen molar-refractivity contribution in [1.29, 1.82) is 0 Å². The topological polar surface area (TPSA) is 43.8 Å². The molecule has 1 saturated carbocycles. The van der Waals surface area contributed by atoms with Gasteiger partial charge >= 0.3 is 0 Å². The van der Waals surface area contributed by atoms with Gasteiger partial charge in [-0.15, -0.1) is 0 Å². The van der Waals surface area contributed by atoms with Gasteiger partial charge in [0.25, 0.3) is 0 Å². The SMILES string of the molecule is NCC1(c2ccc(-n3ccnc3)c(Br)c2)CCCCC1. The van der Waals surface area contributed by atoms with E-state index in [4.69, 9.17) is 5.73 Å². The van der Waals surface area contributed by atoms with E-state index in [0.717, 1.165) is 16.7 Å². The lowest BCUT2D eigenvalue weighted by Crippen LogP contribution is -2.37. The van der Waals surface area contributed by atoms with Gasteiger partial charge in [0.2, 0.25) is 0 Å². The van der Waals surface area contributed by atoms with E-state index in [1.807, 2.05) is 17.1 Å². The first-order valence-electron chi connectivity index (χ1n) is 7.24. The van der Waals surface area contributed by atoms with Gasteiger partial charge in [-0.25, -0.2) is 4.98 Å². The van der Waals surface area contributed by atoms with Crippen LogP contribution < -0.4 is 5.73 Å². The second kappa shape index (κ2) is 5.70. The molecule has 0 radical (unpaired) electrons. The van der Waals surface area contributed by atoms with Gasteiger partial charge in [0, 0.05) is 28.8 Å². The highest BCUT2D eigenvalue weighted by Crippen LogP contribution is 2.40. The Morgan fingerprint density at radius 3 is 2.65 bits per heavy atom. The van der Waals surface area contributed by atoms with E-state index in [1.54, 1.807) is 6.20 Å². The number of rotatable bonds is 3. The average molecular weight is 334 g/mol. The lowest BCUT2D eigenvalue weighted by Gasteiger charge is -2.37. The highest BCUT2D eigenvalue weighted by molar-refractivity contribution is 9.10. The molecule has 0 atom stereocenters. The third-order valence-electron chi connectivity index (χ3n) is 4.54. The van der Waals surface area contributed by atoms with Crippen LogP contribution >= 0.6 is 15.9 Å². The van der Waals surface area contributed by atoms with Crippen LogP contribution in [-0.4, -0.2) is 16.1 Å². The Labute approximate surface area is 128 Å². The number of aromatic nitrogens is 2. The molecule has 3 nitrogen and oxygen atoms in total. The van der Waals surface area contributed by atoms with Gasteiger partial charge in [-0.2, -0.15) is 0 Å². The Bertz CT molecular complexity index is 571.